The van der Waals surface area contributed by atoms with Crippen molar-refractivity contribution >= 4 is 0 Å². The molecule has 95 valence electrons. The van der Waals surface area contributed by atoms with E-state index >= 15 is 0 Å². The summed E-state index contributed by atoms with van der Waals surface area (Å²) in [4.78, 5) is 0. The number of hydrogen-bond acceptors (Lipinski definition) is 0. The Morgan fingerprint density at radius 2 is 0.308 bits per heavy atom. The topological polar surface area (TPSA) is 0 Å². The first kappa shape index (κ1) is 49.1. The van der Waals surface area contributed by atoms with Gasteiger partial charge >= 0.3 is 0 Å². The van der Waals surface area contributed by atoms with E-state index in [0.717, 1.165) is 0 Å². The van der Waals surface area contributed by atoms with Crippen molar-refractivity contribution in [2.24, 2.45) is 0 Å². The molecule has 0 spiro atoms. The van der Waals surface area contributed by atoms with Gasteiger partial charge in [0.1, 0.15) is 0 Å². The van der Waals surface area contributed by atoms with Crippen LogP contribution in [0, 0.1) is 41.5 Å². The van der Waals surface area contributed by atoms with Gasteiger partial charge in [-0.1, -0.05) is 0 Å². The van der Waals surface area contributed by atoms with Gasteiger partial charge in [-0.15, -0.1) is 0 Å². The average Bonchev–Trinajstić information content (AvgIpc) is 2.33. The molecule has 0 aliphatic heterocycles. The summed E-state index contributed by atoms with van der Waals surface area (Å²) in [5.41, 5.74) is 0. The van der Waals surface area contributed by atoms with Crippen molar-refractivity contribution in [1.29, 1.82) is 0 Å². The van der Waals surface area contributed by atoms with Crippen LogP contribution in [0.1, 0.15) is 41.5 Å². The summed E-state index contributed by atoms with van der Waals surface area (Å²) in [5, 5.41) is 0. The molecular formula is C12H30Au-6. The van der Waals surface area contributed by atoms with Crippen molar-refractivity contribution in [1.82, 2.24) is 0 Å². The molecule has 0 aliphatic carbocycles. The Bertz CT molecular complexity index is 5.09. The molecule has 13 heavy (non-hydrogen) atoms. The first-order chi connectivity index (χ1) is 6.00. The Hall–Kier alpha value is 0.740. The van der Waals surface area contributed by atoms with Gasteiger partial charge in [0.2, 0.25) is 0 Å². The molecule has 0 heterocycles. The SMILES string of the molecule is [Au].[CH2-]C.[CH2-]C.[CH2-]C.[CH2-]C.[CH2-]C.[CH2-]C. The van der Waals surface area contributed by atoms with Crippen molar-refractivity contribution in [2.75, 3.05) is 0 Å². The normalized spacial score (nSPS) is 2.77. The van der Waals surface area contributed by atoms with Crippen LogP contribution in [0.25, 0.3) is 0 Å². The fourth-order valence-corrected chi connectivity index (χ4v) is 0. The van der Waals surface area contributed by atoms with Gasteiger partial charge in [0, 0.05) is 22.4 Å². The van der Waals surface area contributed by atoms with Gasteiger partial charge in [-0.25, -0.2) is 0 Å². The van der Waals surface area contributed by atoms with E-state index in [4.69, 9.17) is 0 Å². The second kappa shape index (κ2) is 3200. The Balaban J connectivity index is -0.00000000655. The molecule has 0 aromatic carbocycles. The smallest absolute Gasteiger partial charge is 0 e. The van der Waals surface area contributed by atoms with E-state index in [0.29, 0.717) is 0 Å². The molecule has 0 N–H and O–H groups in total. The van der Waals surface area contributed by atoms with E-state index in [1.54, 1.807) is 41.5 Å². The molecule has 0 atom stereocenters. The molecule has 0 aromatic rings. The van der Waals surface area contributed by atoms with Gasteiger partial charge in [0.05, 0.1) is 0 Å². The average molecular weight is 371 g/mol. The quantitative estimate of drug-likeness (QED) is 0.413. The molecule has 0 nitrogen and oxygen atoms in total. The third-order valence-corrected chi connectivity index (χ3v) is 0. The van der Waals surface area contributed by atoms with Gasteiger partial charge in [-0.2, -0.15) is 41.5 Å². The third-order valence-electron chi connectivity index (χ3n) is 0. The van der Waals surface area contributed by atoms with Crippen LogP contribution < -0.4 is 0 Å². The van der Waals surface area contributed by atoms with Crippen LogP contribution in [0.4, 0.5) is 0 Å². The largest absolute Gasteiger partial charge is 0.346 e. The van der Waals surface area contributed by atoms with Crippen LogP contribution >= 0.6 is 0 Å². The number of hydrogen-bond donors (Lipinski definition) is 0. The van der Waals surface area contributed by atoms with Gasteiger partial charge in [-0.3, -0.25) is 0 Å². The monoisotopic (exact) mass is 371 g/mol. The van der Waals surface area contributed by atoms with Crippen LogP contribution in [0.15, 0.2) is 0 Å². The van der Waals surface area contributed by atoms with E-state index < -0.39 is 0 Å². The summed E-state index contributed by atoms with van der Waals surface area (Å²) in [6, 6.07) is 0. The second-order valence-electron chi connectivity index (χ2n) is 0. The zero-order valence-electron chi connectivity index (χ0n) is 10.5. The molecule has 0 bridgehead atoms. The van der Waals surface area contributed by atoms with Crippen molar-refractivity contribution in [3.63, 3.8) is 0 Å². The minimum absolute atomic E-state index is 0. The maximum Gasteiger partial charge on any atom is 0 e. The molecule has 0 aromatic heterocycles. The predicted molar refractivity (Wildman–Crippen MR) is 66.2 cm³/mol. The Morgan fingerprint density at radius 3 is 0.308 bits per heavy atom. The molecule has 0 rings (SSSR count). The van der Waals surface area contributed by atoms with Crippen molar-refractivity contribution in [3.05, 3.63) is 41.5 Å². The first-order valence-electron chi connectivity index (χ1n) is 4.24. The van der Waals surface area contributed by atoms with E-state index in [1.165, 1.54) is 0 Å². The summed E-state index contributed by atoms with van der Waals surface area (Å²) >= 11 is 0. The van der Waals surface area contributed by atoms with Crippen LogP contribution in [0.2, 0.25) is 0 Å². The van der Waals surface area contributed by atoms with E-state index in [1.807, 2.05) is 0 Å². The molecule has 1 radical (unpaired) electrons. The van der Waals surface area contributed by atoms with Crippen molar-refractivity contribution in [3.8, 4) is 0 Å². The van der Waals surface area contributed by atoms with E-state index in [9.17, 15) is 0 Å². The van der Waals surface area contributed by atoms with Gasteiger partial charge in [0.15, 0.2) is 0 Å². The fraction of sp³-hybridized carbons (Fsp3) is 0.500. The molecule has 1 heteroatoms. The minimum Gasteiger partial charge on any atom is -0.346 e. The third kappa shape index (κ3) is 2680. The first-order valence-corrected chi connectivity index (χ1v) is 4.24. The number of rotatable bonds is 0. The predicted octanol–water partition coefficient (Wildman–Crippen LogP) is 5.04. The van der Waals surface area contributed by atoms with Gasteiger partial charge in [-0.05, 0) is 0 Å². The summed E-state index contributed by atoms with van der Waals surface area (Å²) in [6.45, 7) is 30.0. The summed E-state index contributed by atoms with van der Waals surface area (Å²) in [5.74, 6) is 0. The van der Waals surface area contributed by atoms with E-state index in [-0.39, 0.29) is 22.4 Å². The Kier molecular flexibility index (Phi) is 12100. The Morgan fingerprint density at radius 1 is 0.308 bits per heavy atom. The van der Waals surface area contributed by atoms with Crippen molar-refractivity contribution in [2.45, 2.75) is 41.5 Å². The van der Waals surface area contributed by atoms with Crippen LogP contribution in [0.5, 0.6) is 0 Å². The zero-order chi connectivity index (χ0) is 12.0. The van der Waals surface area contributed by atoms with Gasteiger partial charge < -0.3 is 41.5 Å². The molecule has 0 amide bonds. The molecule has 0 aliphatic rings. The second-order valence-corrected chi connectivity index (χ2v) is 0. The van der Waals surface area contributed by atoms with E-state index in [2.05, 4.69) is 41.5 Å². The molecular weight excluding hydrogens is 341 g/mol. The Labute approximate surface area is 105 Å². The summed E-state index contributed by atoms with van der Waals surface area (Å²) in [6.07, 6.45) is 0. The van der Waals surface area contributed by atoms with Crippen LogP contribution in [-0.2, 0) is 22.4 Å². The molecule has 0 saturated carbocycles. The standard InChI is InChI=1S/6C2H5.Au/c6*1-2;/h6*1H2,2H3;/q6*-1;. The van der Waals surface area contributed by atoms with Gasteiger partial charge in [0.25, 0.3) is 0 Å². The molecule has 0 saturated heterocycles. The summed E-state index contributed by atoms with van der Waals surface area (Å²) < 4.78 is 0. The maximum atomic E-state index is 3.25. The fourth-order valence-electron chi connectivity index (χ4n) is 0. The zero-order valence-corrected chi connectivity index (χ0v) is 12.7. The molecule has 0 fully saturated rings. The van der Waals surface area contributed by atoms with Crippen LogP contribution in [0.3, 0.4) is 0 Å². The summed E-state index contributed by atoms with van der Waals surface area (Å²) in [7, 11) is 0. The van der Waals surface area contributed by atoms with Crippen molar-refractivity contribution < 1.29 is 22.4 Å². The molecule has 0 unspecified atom stereocenters. The maximum absolute atomic E-state index is 3.25. The van der Waals surface area contributed by atoms with Crippen LogP contribution in [-0.4, -0.2) is 0 Å². The minimum atomic E-state index is 0.